The lowest BCUT2D eigenvalue weighted by atomic mass is 9.95. The van der Waals surface area contributed by atoms with Gasteiger partial charge in [-0.2, -0.15) is 26.3 Å². The minimum Gasteiger partial charge on any atom is -0.382 e. The number of fused-ring (bicyclic) bond motifs is 6. The third kappa shape index (κ3) is 10.1. The highest BCUT2D eigenvalue weighted by Crippen LogP contribution is 2.48. The van der Waals surface area contributed by atoms with E-state index >= 15 is 0 Å². The number of carbonyl (C=O) groups excluding carboxylic acids is 4. The van der Waals surface area contributed by atoms with Crippen LogP contribution < -0.4 is 11.5 Å². The number of morpholine rings is 2. The molecule has 2 aromatic carbocycles. The fourth-order valence-corrected chi connectivity index (χ4v) is 11.8. The monoisotopic (exact) mass is 1140 g/mol. The fraction of sp³-hybridized carbons (Fsp3) is 0.288. The number of alkyl halides is 6. The van der Waals surface area contributed by atoms with Gasteiger partial charge in [0.05, 0.1) is 62.5 Å². The van der Waals surface area contributed by atoms with Crippen molar-refractivity contribution in [3.8, 4) is 34.4 Å². The third-order valence-electron chi connectivity index (χ3n) is 15.5. The molecule has 24 heteroatoms. The molecule has 8 aromatic rings. The summed E-state index contributed by atoms with van der Waals surface area (Å²) in [5.41, 5.74) is 13.3. The summed E-state index contributed by atoms with van der Waals surface area (Å²) in [6.45, 7) is 6.67. The van der Waals surface area contributed by atoms with Crippen molar-refractivity contribution in [2.24, 2.45) is 0 Å². The summed E-state index contributed by atoms with van der Waals surface area (Å²) in [5, 5.41) is 0. The van der Waals surface area contributed by atoms with E-state index in [0.29, 0.717) is 82.4 Å². The average molecular weight is 1140 g/mol. The molecule has 12 rings (SSSR count). The molecule has 10 heterocycles. The van der Waals surface area contributed by atoms with Crippen molar-refractivity contribution in [1.82, 2.24) is 48.5 Å². The maximum atomic E-state index is 13.1. The maximum Gasteiger partial charge on any atom is 0.416 e. The smallest absolute Gasteiger partial charge is 0.382 e. The van der Waals surface area contributed by atoms with Crippen LogP contribution in [0.4, 0.5) is 38.0 Å². The van der Waals surface area contributed by atoms with Crippen molar-refractivity contribution in [1.29, 1.82) is 0 Å². The van der Waals surface area contributed by atoms with Crippen molar-refractivity contribution in [3.05, 3.63) is 168 Å². The minimum atomic E-state index is -4.53. The van der Waals surface area contributed by atoms with Crippen LogP contribution in [0.1, 0.15) is 87.5 Å². The summed E-state index contributed by atoms with van der Waals surface area (Å²) in [6.07, 6.45) is 3.14. The van der Waals surface area contributed by atoms with E-state index in [1.54, 1.807) is 85.1 Å². The Kier molecular flexibility index (Phi) is 14.4. The summed E-state index contributed by atoms with van der Waals surface area (Å²) < 4.78 is 93.9. The summed E-state index contributed by atoms with van der Waals surface area (Å²) in [6, 6.07) is 16.4. The van der Waals surface area contributed by atoms with Crippen LogP contribution in [-0.2, 0) is 55.3 Å². The standard InChI is InChI=1S/C30H25F3N6O3.C29H25F3N6O3/c1-2-3-24(41)39-22-8-10-29(39,17-42-16-22)28-37-25(26-27(34)36-12-13-38(26)28)19-6-4-18(5-7-19)23(40)15-21-14-20(9-11-35-21)30(31,32)33;1-2-23(40)38-21-7-9-28(38,16-41-15-21)27-36-24(25-26(33)35-11-12-37(25)27)18-5-3-17(4-6-18)22(39)14-20-13-19(8-10-34-20)29(30,31)32/h4-7,9,11-14,22H,8,10,15-17H2,1H3,(H2,34,36);2-6,8,10-13,21H,1,7,9,14-16H2,(H2,33,35). The van der Waals surface area contributed by atoms with Crippen molar-refractivity contribution in [2.45, 2.75) is 81.0 Å². The highest BCUT2D eigenvalue weighted by atomic mass is 19.4. The van der Waals surface area contributed by atoms with Crippen molar-refractivity contribution < 1.29 is 55.0 Å². The van der Waals surface area contributed by atoms with E-state index in [2.05, 4.69) is 38.4 Å². The van der Waals surface area contributed by atoms with Gasteiger partial charge in [0.15, 0.2) is 11.6 Å². The first-order valence-electron chi connectivity index (χ1n) is 26.2. The lowest BCUT2D eigenvalue weighted by Crippen LogP contribution is -2.56. The number of aromatic nitrogens is 8. The zero-order valence-corrected chi connectivity index (χ0v) is 44.2. The van der Waals surface area contributed by atoms with E-state index in [1.807, 2.05) is 13.7 Å². The number of halogens is 6. The molecule has 4 unspecified atom stereocenters. The van der Waals surface area contributed by atoms with Crippen molar-refractivity contribution >= 4 is 46.0 Å². The van der Waals surface area contributed by atoms with Gasteiger partial charge in [0.25, 0.3) is 5.91 Å². The third-order valence-corrected chi connectivity index (χ3v) is 15.5. The zero-order valence-electron chi connectivity index (χ0n) is 44.2. The number of anilines is 2. The number of nitrogen functional groups attached to an aromatic ring is 2. The largest absolute Gasteiger partial charge is 0.416 e. The Morgan fingerprint density at radius 3 is 1.51 bits per heavy atom. The Labute approximate surface area is 469 Å². The van der Waals surface area contributed by atoms with E-state index in [0.717, 1.165) is 49.5 Å². The predicted octanol–water partition coefficient (Wildman–Crippen LogP) is 8.28. The molecule has 4 N–H and O–H groups in total. The van der Waals surface area contributed by atoms with Crippen LogP contribution in [0.3, 0.4) is 0 Å². The number of Topliss-reactive ketones (excluding diaryl/α,β-unsaturated/α-hetero) is 2. The number of pyridine rings is 2. The number of hydrogen-bond acceptors (Lipinski definition) is 14. The summed E-state index contributed by atoms with van der Waals surface area (Å²) in [7, 11) is 0. The van der Waals surface area contributed by atoms with Gasteiger partial charge in [-0.3, -0.25) is 37.9 Å². The topological polar surface area (TPSA) is 231 Å². The van der Waals surface area contributed by atoms with E-state index < -0.39 is 34.6 Å². The molecule has 424 valence electrons. The van der Waals surface area contributed by atoms with E-state index in [4.69, 9.17) is 30.9 Å². The van der Waals surface area contributed by atoms with Gasteiger partial charge in [-0.1, -0.05) is 61.0 Å². The second kappa shape index (κ2) is 21.5. The Balaban J connectivity index is 0.000000174. The molecular formula is C59H50F6N12O6. The van der Waals surface area contributed by atoms with Gasteiger partial charge >= 0.3 is 12.4 Å². The molecule has 0 radical (unpaired) electrons. The number of ketones is 2. The van der Waals surface area contributed by atoms with Crippen molar-refractivity contribution in [2.75, 3.05) is 37.9 Å². The van der Waals surface area contributed by atoms with Crippen LogP contribution in [-0.4, -0.2) is 110 Å². The van der Waals surface area contributed by atoms with Crippen LogP contribution in [0.15, 0.2) is 123 Å². The van der Waals surface area contributed by atoms with Crippen LogP contribution in [0.5, 0.6) is 0 Å². The average Bonchev–Trinajstić information content (AvgIpc) is 4.41. The zero-order chi connectivity index (χ0) is 58.6. The summed E-state index contributed by atoms with van der Waals surface area (Å²) >= 11 is 0. The normalized spacial score (nSPS) is 20.1. The molecule has 4 atom stereocenters. The van der Waals surface area contributed by atoms with Gasteiger partial charge in [-0.25, -0.2) is 19.9 Å². The minimum absolute atomic E-state index is 0.0261. The number of nitrogens with two attached hydrogens (primary N) is 2. The number of rotatable bonds is 11. The van der Waals surface area contributed by atoms with Crippen LogP contribution in [0, 0.1) is 11.8 Å². The van der Waals surface area contributed by atoms with Crippen LogP contribution >= 0.6 is 0 Å². The molecule has 2 amide bonds. The lowest BCUT2D eigenvalue weighted by molar-refractivity contribution is -0.146. The molecule has 4 aliphatic rings. The highest BCUT2D eigenvalue weighted by molar-refractivity contribution is 5.99. The van der Waals surface area contributed by atoms with Crippen LogP contribution in [0.2, 0.25) is 0 Å². The Bertz CT molecular complexity index is 3960. The number of ether oxygens (including phenoxy) is 2. The van der Waals surface area contributed by atoms with Gasteiger partial charge in [-0.15, -0.1) is 0 Å². The summed E-state index contributed by atoms with van der Waals surface area (Å²) in [4.78, 5) is 81.8. The van der Waals surface area contributed by atoms with Crippen molar-refractivity contribution in [3.63, 3.8) is 0 Å². The van der Waals surface area contributed by atoms with Gasteiger partial charge in [-0.05, 0) is 68.9 Å². The molecular weight excluding hydrogens is 1090 g/mol. The first-order chi connectivity index (χ1) is 39.7. The van der Waals surface area contributed by atoms with Gasteiger partial charge < -0.3 is 30.7 Å². The number of benzene rings is 2. The number of amides is 2. The molecule has 4 fully saturated rings. The molecule has 83 heavy (non-hydrogen) atoms. The number of hydrogen-bond donors (Lipinski definition) is 2. The second-order valence-electron chi connectivity index (χ2n) is 20.5. The van der Waals surface area contributed by atoms with Crippen LogP contribution in [0.25, 0.3) is 33.5 Å². The maximum absolute atomic E-state index is 13.1. The molecule has 0 spiro atoms. The molecule has 0 aliphatic carbocycles. The number of carbonyl (C=O) groups is 4. The lowest BCUT2D eigenvalue weighted by Gasteiger charge is -2.43. The molecule has 18 nitrogen and oxygen atoms in total. The SMILES string of the molecule is C=CC(=O)N1C2CCC1(c1nc(-c3ccc(C(=O)Cc4cc(C(F)(F)F)ccn4)cc3)c3c(N)nccn13)COC2.CC#CC(=O)N1C2CCC1(c1nc(-c3ccc(C(=O)Cc4cc(C(F)(F)F)ccn4)cc3)c3c(N)nccn13)COC2. The second-order valence-corrected chi connectivity index (χ2v) is 20.5. The quantitative estimate of drug-likeness (QED) is 0.0537. The Morgan fingerprint density at radius 2 is 1.08 bits per heavy atom. The Hall–Kier alpha value is -9.34. The first-order valence-corrected chi connectivity index (χ1v) is 26.2. The molecule has 6 aromatic heterocycles. The number of imidazole rings is 2. The van der Waals surface area contributed by atoms with Gasteiger partial charge in [0, 0.05) is 70.8 Å². The Morgan fingerprint density at radius 1 is 0.651 bits per heavy atom. The summed E-state index contributed by atoms with van der Waals surface area (Å²) in [5.74, 6) is 5.74. The van der Waals surface area contributed by atoms with E-state index in [1.165, 1.54) is 6.08 Å². The number of nitrogens with zero attached hydrogens (tertiary/aromatic N) is 10. The van der Waals surface area contributed by atoms with E-state index in [9.17, 15) is 45.5 Å². The van der Waals surface area contributed by atoms with E-state index in [-0.39, 0.29) is 84.5 Å². The predicted molar refractivity (Wildman–Crippen MR) is 289 cm³/mol. The molecule has 0 saturated carbocycles. The molecule has 4 bridgehead atoms. The van der Waals surface area contributed by atoms with Gasteiger partial charge in [0.1, 0.15) is 56.8 Å². The highest BCUT2D eigenvalue weighted by Gasteiger charge is 2.57. The fourth-order valence-electron chi connectivity index (χ4n) is 11.8. The van der Waals surface area contributed by atoms with Gasteiger partial charge in [0.2, 0.25) is 5.91 Å². The first kappa shape index (κ1) is 55.6. The molecule has 4 saturated heterocycles. The molecule has 4 aliphatic heterocycles.